The van der Waals surface area contributed by atoms with E-state index in [-0.39, 0.29) is 22.3 Å². The molecule has 30 heavy (non-hydrogen) atoms. The average Bonchev–Trinajstić information content (AvgIpc) is 2.67. The summed E-state index contributed by atoms with van der Waals surface area (Å²) in [6, 6.07) is 1.97. The van der Waals surface area contributed by atoms with E-state index < -0.39 is 58.4 Å². The largest absolute Gasteiger partial charge is 0.510 e. The molecule has 2 aliphatic rings. The van der Waals surface area contributed by atoms with Crippen molar-refractivity contribution in [2.24, 2.45) is 17.6 Å². The number of aromatic hydroxyl groups is 2. The second kappa shape index (κ2) is 6.38. The number of fused-ring (bicyclic) bond motifs is 3. The number of allylic oxidation sites excluding steroid dienone is 1. The molecule has 8 nitrogen and oxygen atoms in total. The van der Waals surface area contributed by atoms with Crippen LogP contribution in [0.15, 0.2) is 23.5 Å². The predicted molar refractivity (Wildman–Crippen MR) is 106 cm³/mol. The van der Waals surface area contributed by atoms with Gasteiger partial charge < -0.3 is 26.2 Å². The van der Waals surface area contributed by atoms with Crippen molar-refractivity contribution >= 4 is 28.1 Å². The summed E-state index contributed by atoms with van der Waals surface area (Å²) in [6.07, 6.45) is -1.46. The number of Topliss-reactive ketones (excluding diaryl/α,β-unsaturated/α-hetero) is 3. The fourth-order valence-corrected chi connectivity index (χ4v) is 4.84. The van der Waals surface area contributed by atoms with E-state index in [1.807, 2.05) is 0 Å². The van der Waals surface area contributed by atoms with Crippen LogP contribution in [0.1, 0.15) is 40.1 Å². The molecule has 4 rings (SSSR count). The van der Waals surface area contributed by atoms with Gasteiger partial charge in [0.25, 0.3) is 0 Å². The zero-order valence-electron chi connectivity index (χ0n) is 16.6. The second-order valence-corrected chi connectivity index (χ2v) is 7.99. The van der Waals surface area contributed by atoms with E-state index in [0.717, 1.165) is 6.92 Å². The number of aliphatic hydroxyl groups excluding tert-OH is 2. The van der Waals surface area contributed by atoms with E-state index in [4.69, 9.17) is 5.73 Å². The summed E-state index contributed by atoms with van der Waals surface area (Å²) in [7, 11) is 0. The minimum Gasteiger partial charge on any atom is -0.510 e. The molecule has 0 amide bonds. The van der Waals surface area contributed by atoms with E-state index in [9.17, 15) is 34.8 Å². The van der Waals surface area contributed by atoms with Crippen molar-refractivity contribution in [2.75, 3.05) is 0 Å². The van der Waals surface area contributed by atoms with Crippen LogP contribution in [0.4, 0.5) is 0 Å². The van der Waals surface area contributed by atoms with Gasteiger partial charge in [0.15, 0.2) is 17.3 Å². The van der Waals surface area contributed by atoms with Gasteiger partial charge in [0, 0.05) is 5.92 Å². The van der Waals surface area contributed by atoms with Gasteiger partial charge in [-0.25, -0.2) is 0 Å². The molecule has 2 aromatic carbocycles. The minimum absolute atomic E-state index is 0.0444. The Morgan fingerprint density at radius 1 is 1.03 bits per heavy atom. The van der Waals surface area contributed by atoms with E-state index in [2.05, 4.69) is 0 Å². The highest BCUT2D eigenvalue weighted by atomic mass is 16.3. The fraction of sp³-hybridized carbons (Fsp3) is 0.318. The Hall–Kier alpha value is -3.23. The fourth-order valence-electron chi connectivity index (χ4n) is 4.84. The van der Waals surface area contributed by atoms with Gasteiger partial charge in [-0.1, -0.05) is 12.1 Å². The molecular formula is C22H21NO7. The molecule has 3 unspecified atom stereocenters. The molecule has 156 valence electrons. The van der Waals surface area contributed by atoms with Crippen LogP contribution < -0.4 is 5.73 Å². The van der Waals surface area contributed by atoms with Crippen LogP contribution in [-0.4, -0.2) is 43.8 Å². The molecule has 0 aliphatic heterocycles. The molecule has 0 fully saturated rings. The SMILES string of the molecule is CC(=O)C1=C(O)[C@H](N)C2C(C1=O)C(=O)c1c(c(C)c3ccc(C)c(O)c3c1O)C2O. The van der Waals surface area contributed by atoms with E-state index in [1.165, 1.54) is 0 Å². The van der Waals surface area contributed by atoms with Crippen LogP contribution in [0.3, 0.4) is 0 Å². The third-order valence-electron chi connectivity index (χ3n) is 6.37. The number of rotatable bonds is 1. The first kappa shape index (κ1) is 20.1. The van der Waals surface area contributed by atoms with Gasteiger partial charge in [0.2, 0.25) is 0 Å². The topological polar surface area (TPSA) is 158 Å². The van der Waals surface area contributed by atoms with Gasteiger partial charge in [0.1, 0.15) is 22.8 Å². The van der Waals surface area contributed by atoms with Gasteiger partial charge in [-0.2, -0.15) is 0 Å². The highest BCUT2D eigenvalue weighted by Gasteiger charge is 2.55. The lowest BCUT2D eigenvalue weighted by atomic mass is 9.62. The minimum atomic E-state index is -1.54. The van der Waals surface area contributed by atoms with Crippen LogP contribution >= 0.6 is 0 Å². The number of ketones is 3. The first-order valence-electron chi connectivity index (χ1n) is 9.44. The normalized spacial score (nSPS) is 26.0. The van der Waals surface area contributed by atoms with Gasteiger partial charge in [-0.05, 0) is 42.8 Å². The predicted octanol–water partition coefficient (Wildman–Crippen LogP) is 1.64. The number of phenolic OH excluding ortho intramolecular Hbond substituents is 2. The van der Waals surface area contributed by atoms with E-state index >= 15 is 0 Å². The lowest BCUT2D eigenvalue weighted by Crippen LogP contribution is -2.54. The third kappa shape index (κ3) is 2.31. The summed E-state index contributed by atoms with van der Waals surface area (Å²) >= 11 is 0. The first-order chi connectivity index (χ1) is 14.0. The van der Waals surface area contributed by atoms with Crippen LogP contribution in [-0.2, 0) is 9.59 Å². The summed E-state index contributed by atoms with van der Waals surface area (Å²) in [5, 5.41) is 43.3. The number of aryl methyl sites for hydroxylation is 2. The highest BCUT2D eigenvalue weighted by Crippen LogP contribution is 2.52. The Bertz CT molecular complexity index is 1210. The summed E-state index contributed by atoms with van der Waals surface area (Å²) in [4.78, 5) is 38.2. The number of hydrogen-bond donors (Lipinski definition) is 5. The van der Waals surface area contributed by atoms with Crippen molar-refractivity contribution in [3.05, 3.63) is 45.7 Å². The Kier molecular flexibility index (Phi) is 4.27. The Morgan fingerprint density at radius 2 is 1.67 bits per heavy atom. The maximum Gasteiger partial charge on any atom is 0.181 e. The Morgan fingerprint density at radius 3 is 2.27 bits per heavy atom. The number of carbonyl (C=O) groups is 3. The Balaban J connectivity index is 2.07. The number of phenols is 2. The van der Waals surface area contributed by atoms with Crippen LogP contribution in [0.2, 0.25) is 0 Å². The summed E-state index contributed by atoms with van der Waals surface area (Å²) < 4.78 is 0. The first-order valence-corrected chi connectivity index (χ1v) is 9.44. The quantitative estimate of drug-likeness (QED) is 0.350. The van der Waals surface area contributed by atoms with Gasteiger partial charge in [-0.15, -0.1) is 0 Å². The number of carbonyl (C=O) groups excluding carboxylic acids is 3. The molecule has 0 bridgehead atoms. The van der Waals surface area contributed by atoms with Crippen molar-refractivity contribution in [1.82, 2.24) is 0 Å². The van der Waals surface area contributed by atoms with Gasteiger partial charge >= 0.3 is 0 Å². The molecule has 0 spiro atoms. The molecule has 0 aromatic heterocycles. The molecular weight excluding hydrogens is 390 g/mol. The zero-order chi connectivity index (χ0) is 22.2. The molecule has 0 radical (unpaired) electrons. The van der Waals surface area contributed by atoms with E-state index in [1.54, 1.807) is 26.0 Å². The molecule has 8 heteroatoms. The number of nitrogens with two attached hydrogens (primary N) is 1. The average molecular weight is 411 g/mol. The van der Waals surface area contributed by atoms with Crippen molar-refractivity contribution in [1.29, 1.82) is 0 Å². The number of hydrogen-bond acceptors (Lipinski definition) is 8. The lowest BCUT2D eigenvalue weighted by molar-refractivity contribution is -0.126. The van der Waals surface area contributed by atoms with Gasteiger partial charge in [0.05, 0.1) is 29.0 Å². The van der Waals surface area contributed by atoms with Crippen molar-refractivity contribution < 1.29 is 34.8 Å². The molecule has 2 aliphatic carbocycles. The Labute approximate surface area is 171 Å². The highest BCUT2D eigenvalue weighted by molar-refractivity contribution is 6.29. The van der Waals surface area contributed by atoms with Crippen molar-refractivity contribution in [2.45, 2.75) is 32.9 Å². The third-order valence-corrected chi connectivity index (χ3v) is 6.37. The van der Waals surface area contributed by atoms with Crippen LogP contribution in [0.5, 0.6) is 11.5 Å². The molecule has 0 heterocycles. The summed E-state index contributed by atoms with van der Waals surface area (Å²) in [6.45, 7) is 4.33. The van der Waals surface area contributed by atoms with Gasteiger partial charge in [-0.3, -0.25) is 14.4 Å². The molecule has 0 saturated carbocycles. The molecule has 4 atom stereocenters. The monoisotopic (exact) mass is 411 g/mol. The number of aliphatic hydroxyl groups is 2. The van der Waals surface area contributed by atoms with Crippen LogP contribution in [0, 0.1) is 25.7 Å². The van der Waals surface area contributed by atoms with Crippen molar-refractivity contribution in [3.8, 4) is 11.5 Å². The number of benzene rings is 2. The zero-order valence-corrected chi connectivity index (χ0v) is 16.6. The van der Waals surface area contributed by atoms with Crippen molar-refractivity contribution in [3.63, 3.8) is 0 Å². The second-order valence-electron chi connectivity index (χ2n) is 7.99. The molecule has 0 saturated heterocycles. The lowest BCUT2D eigenvalue weighted by Gasteiger charge is -2.42. The van der Waals surface area contributed by atoms with E-state index in [0.29, 0.717) is 16.5 Å². The smallest absolute Gasteiger partial charge is 0.181 e. The molecule has 2 aromatic rings. The van der Waals surface area contributed by atoms with Crippen LogP contribution in [0.25, 0.3) is 10.8 Å². The summed E-state index contributed by atoms with van der Waals surface area (Å²) in [5.41, 5.74) is 6.21. The maximum atomic E-state index is 13.4. The molecule has 6 N–H and O–H groups in total. The summed E-state index contributed by atoms with van der Waals surface area (Å²) in [5.74, 6) is -6.64. The standard InChI is InChI=1S/C22H21NO7/c1-6-4-5-9-7(2)10-14(20(28)12(9)17(6)25)21(29)15-13(18(10)26)16(23)22(30)11(8(3)24)19(15)27/h4-5,13,15-16,18,25-26,28,30H,23H2,1-3H3/t13?,15?,16-,18?/m1/s1. The maximum absolute atomic E-state index is 13.4.